The summed E-state index contributed by atoms with van der Waals surface area (Å²) in [5, 5.41) is 0. The molecule has 0 aliphatic carbocycles. The van der Waals surface area contributed by atoms with Crippen molar-refractivity contribution in [1.29, 1.82) is 0 Å². The van der Waals surface area contributed by atoms with Gasteiger partial charge in [-0.1, -0.05) is 61.2 Å². The van der Waals surface area contributed by atoms with E-state index in [2.05, 4.69) is 11.3 Å². The monoisotopic (exact) mass is 377 g/mol. The van der Waals surface area contributed by atoms with Gasteiger partial charge in [0, 0.05) is 16.8 Å². The zero-order chi connectivity index (χ0) is 19.0. The van der Waals surface area contributed by atoms with Crippen LogP contribution in [0.15, 0.2) is 73.3 Å². The van der Waals surface area contributed by atoms with Crippen molar-refractivity contribution in [2.75, 3.05) is 11.0 Å². The van der Waals surface area contributed by atoms with Crippen molar-refractivity contribution in [2.24, 2.45) is 0 Å². The van der Waals surface area contributed by atoms with Gasteiger partial charge in [0.05, 0.1) is 6.26 Å². The van der Waals surface area contributed by atoms with Gasteiger partial charge < -0.3 is 4.74 Å². The molecule has 1 N–H and O–H groups in total. The average molecular weight is 377 g/mol. The summed E-state index contributed by atoms with van der Waals surface area (Å²) in [7, 11) is -3.37. The number of anilines is 1. The summed E-state index contributed by atoms with van der Waals surface area (Å²) in [5.74, 6) is 0.789. The standard InChI is InChI=1S/C22H19NO3S/c1-3-15-10-7-11-20-21(15)18-13-12-17(23-27(2,24)25)14-19(18)22(26-20)16-8-5-4-6-9-16/h3-14,22-23H,1H2,2H3. The third kappa shape index (κ3) is 3.34. The molecule has 1 heterocycles. The Labute approximate surface area is 159 Å². The van der Waals surface area contributed by atoms with Gasteiger partial charge in [0.1, 0.15) is 11.9 Å². The minimum absolute atomic E-state index is 0.324. The molecule has 0 spiro atoms. The number of nitrogens with one attached hydrogen (secondary N) is 1. The third-order valence-electron chi connectivity index (χ3n) is 4.53. The quantitative estimate of drug-likeness (QED) is 0.707. The van der Waals surface area contributed by atoms with Crippen LogP contribution in [0.3, 0.4) is 0 Å². The Morgan fingerprint density at radius 1 is 1.04 bits per heavy atom. The van der Waals surface area contributed by atoms with Crippen molar-refractivity contribution in [2.45, 2.75) is 6.10 Å². The Hall–Kier alpha value is -3.05. The first-order valence-electron chi connectivity index (χ1n) is 8.55. The lowest BCUT2D eigenvalue weighted by Gasteiger charge is -2.30. The van der Waals surface area contributed by atoms with Crippen molar-refractivity contribution in [1.82, 2.24) is 0 Å². The average Bonchev–Trinajstić information content (AvgIpc) is 2.66. The molecule has 1 unspecified atom stereocenters. The molecular weight excluding hydrogens is 358 g/mol. The van der Waals surface area contributed by atoms with Crippen molar-refractivity contribution in [3.63, 3.8) is 0 Å². The maximum atomic E-state index is 11.7. The van der Waals surface area contributed by atoms with Crippen LogP contribution in [0.5, 0.6) is 5.75 Å². The SMILES string of the molecule is C=Cc1cccc2c1-c1ccc(NS(C)(=O)=O)cc1C(c1ccccc1)O2. The van der Waals surface area contributed by atoms with Gasteiger partial charge in [-0.3, -0.25) is 4.72 Å². The minimum atomic E-state index is -3.37. The molecule has 3 aromatic carbocycles. The summed E-state index contributed by atoms with van der Waals surface area (Å²) in [6, 6.07) is 21.3. The van der Waals surface area contributed by atoms with Crippen LogP contribution in [0, 0.1) is 0 Å². The highest BCUT2D eigenvalue weighted by Crippen LogP contribution is 2.47. The summed E-state index contributed by atoms with van der Waals surface area (Å²) >= 11 is 0. The van der Waals surface area contributed by atoms with Crippen molar-refractivity contribution >= 4 is 21.8 Å². The van der Waals surface area contributed by atoms with Gasteiger partial charge >= 0.3 is 0 Å². The van der Waals surface area contributed by atoms with E-state index in [4.69, 9.17) is 4.74 Å². The molecule has 0 radical (unpaired) electrons. The van der Waals surface area contributed by atoms with E-state index in [9.17, 15) is 8.42 Å². The Morgan fingerprint density at radius 2 is 1.81 bits per heavy atom. The van der Waals surface area contributed by atoms with Crippen molar-refractivity contribution in [3.05, 3.63) is 90.0 Å². The molecule has 0 saturated carbocycles. The number of rotatable bonds is 4. The molecule has 0 fully saturated rings. The zero-order valence-electron chi connectivity index (χ0n) is 14.8. The Balaban J connectivity index is 1.94. The van der Waals surface area contributed by atoms with Crippen molar-refractivity contribution in [3.8, 4) is 16.9 Å². The fraction of sp³-hybridized carbons (Fsp3) is 0.0909. The summed E-state index contributed by atoms with van der Waals surface area (Å²) in [5.41, 5.74) is 5.39. The van der Waals surface area contributed by atoms with E-state index in [-0.39, 0.29) is 6.10 Å². The maximum absolute atomic E-state index is 11.7. The molecule has 3 aromatic rings. The van der Waals surface area contributed by atoms with Crippen LogP contribution in [0.4, 0.5) is 5.69 Å². The largest absolute Gasteiger partial charge is 0.480 e. The lowest BCUT2D eigenvalue weighted by Crippen LogP contribution is -2.17. The number of sulfonamides is 1. The van der Waals surface area contributed by atoms with Gasteiger partial charge in [-0.15, -0.1) is 0 Å². The van der Waals surface area contributed by atoms with E-state index in [1.165, 1.54) is 0 Å². The fourth-order valence-electron chi connectivity index (χ4n) is 3.46. The molecule has 4 rings (SSSR count). The summed E-state index contributed by atoms with van der Waals surface area (Å²) in [6.07, 6.45) is 2.62. The lowest BCUT2D eigenvalue weighted by atomic mass is 9.87. The van der Waals surface area contributed by atoms with E-state index in [1.807, 2.05) is 60.7 Å². The molecule has 1 aliphatic rings. The predicted molar refractivity (Wildman–Crippen MR) is 109 cm³/mol. The summed E-state index contributed by atoms with van der Waals surface area (Å²) < 4.78 is 32.2. The molecular formula is C22H19NO3S. The second-order valence-electron chi connectivity index (χ2n) is 6.51. The molecule has 1 aliphatic heterocycles. The van der Waals surface area contributed by atoms with E-state index in [0.717, 1.165) is 39.8 Å². The smallest absolute Gasteiger partial charge is 0.229 e. The highest BCUT2D eigenvalue weighted by molar-refractivity contribution is 7.92. The third-order valence-corrected chi connectivity index (χ3v) is 5.14. The maximum Gasteiger partial charge on any atom is 0.229 e. The van der Waals surface area contributed by atoms with Gasteiger partial charge in [-0.25, -0.2) is 8.42 Å². The number of hydrogen-bond acceptors (Lipinski definition) is 3. The second kappa shape index (κ2) is 6.59. The van der Waals surface area contributed by atoms with Gasteiger partial charge in [0.25, 0.3) is 0 Å². The van der Waals surface area contributed by atoms with E-state index in [1.54, 1.807) is 12.1 Å². The first-order valence-corrected chi connectivity index (χ1v) is 10.4. The van der Waals surface area contributed by atoms with E-state index in [0.29, 0.717) is 5.69 Å². The summed E-state index contributed by atoms with van der Waals surface area (Å²) in [4.78, 5) is 0. The Morgan fingerprint density at radius 3 is 2.52 bits per heavy atom. The van der Waals surface area contributed by atoms with Gasteiger partial charge in [-0.2, -0.15) is 0 Å². The molecule has 0 bridgehead atoms. The topological polar surface area (TPSA) is 55.4 Å². The van der Waals surface area contributed by atoms with Gasteiger partial charge in [0.2, 0.25) is 10.0 Å². The zero-order valence-corrected chi connectivity index (χ0v) is 15.7. The van der Waals surface area contributed by atoms with Crippen LogP contribution in [-0.4, -0.2) is 14.7 Å². The van der Waals surface area contributed by atoms with Crippen LogP contribution >= 0.6 is 0 Å². The van der Waals surface area contributed by atoms with E-state index < -0.39 is 10.0 Å². The number of ether oxygens (including phenoxy) is 1. The molecule has 136 valence electrons. The summed E-state index contributed by atoms with van der Waals surface area (Å²) in [6.45, 7) is 3.91. The molecule has 27 heavy (non-hydrogen) atoms. The van der Waals surface area contributed by atoms with E-state index >= 15 is 0 Å². The normalized spacial score (nSPS) is 15.2. The Kier molecular flexibility index (Phi) is 4.24. The highest BCUT2D eigenvalue weighted by atomic mass is 32.2. The molecule has 0 amide bonds. The first-order chi connectivity index (χ1) is 13.0. The highest BCUT2D eigenvalue weighted by Gasteiger charge is 2.29. The number of fused-ring (bicyclic) bond motifs is 3. The molecule has 5 heteroatoms. The van der Waals surface area contributed by atoms with Gasteiger partial charge in [0.15, 0.2) is 0 Å². The van der Waals surface area contributed by atoms with Crippen molar-refractivity contribution < 1.29 is 13.2 Å². The fourth-order valence-corrected chi connectivity index (χ4v) is 4.01. The van der Waals surface area contributed by atoms with Crippen LogP contribution in [-0.2, 0) is 10.0 Å². The first kappa shape index (κ1) is 17.4. The van der Waals surface area contributed by atoms with Crippen LogP contribution in [0.2, 0.25) is 0 Å². The van der Waals surface area contributed by atoms with Gasteiger partial charge in [-0.05, 0) is 34.9 Å². The Bertz CT molecular complexity index is 1120. The minimum Gasteiger partial charge on any atom is -0.480 e. The lowest BCUT2D eigenvalue weighted by molar-refractivity contribution is 0.243. The van der Waals surface area contributed by atoms with Crippen LogP contribution in [0.25, 0.3) is 17.2 Å². The molecule has 1 atom stereocenters. The van der Waals surface area contributed by atoms with Crippen LogP contribution in [0.1, 0.15) is 22.8 Å². The predicted octanol–water partition coefficient (Wildman–Crippen LogP) is 4.85. The number of hydrogen-bond donors (Lipinski definition) is 1. The molecule has 0 saturated heterocycles. The molecule has 4 nitrogen and oxygen atoms in total. The number of benzene rings is 3. The second-order valence-corrected chi connectivity index (χ2v) is 8.26. The molecule has 0 aromatic heterocycles. The van der Waals surface area contributed by atoms with Crippen LogP contribution < -0.4 is 9.46 Å².